The van der Waals surface area contributed by atoms with E-state index >= 15 is 0 Å². The van der Waals surface area contributed by atoms with Crippen molar-refractivity contribution in [2.45, 2.75) is 6.42 Å². The predicted molar refractivity (Wildman–Crippen MR) is 90.6 cm³/mol. The van der Waals surface area contributed by atoms with Crippen LogP contribution in [-0.2, 0) is 11.2 Å². The highest BCUT2D eigenvalue weighted by Gasteiger charge is 2.20. The number of amides is 1. The second kappa shape index (κ2) is 7.97. The maximum absolute atomic E-state index is 11.9. The first kappa shape index (κ1) is 18.0. The van der Waals surface area contributed by atoms with E-state index in [0.717, 1.165) is 12.1 Å². The van der Waals surface area contributed by atoms with Gasteiger partial charge in [-0.15, -0.1) is 0 Å². The summed E-state index contributed by atoms with van der Waals surface area (Å²) in [4.78, 5) is 32.1. The van der Waals surface area contributed by atoms with E-state index < -0.39 is 27.1 Å². The summed E-state index contributed by atoms with van der Waals surface area (Å²) < 4.78 is 0. The average molecular weight is 363 g/mol. The van der Waals surface area contributed by atoms with Crippen LogP contribution in [0.4, 0.5) is 11.4 Å². The molecule has 0 radical (unpaired) electrons. The van der Waals surface area contributed by atoms with Crippen LogP contribution in [0.5, 0.6) is 0 Å². The molecule has 0 spiro atoms. The minimum absolute atomic E-state index is 0.0426. The van der Waals surface area contributed by atoms with Gasteiger partial charge in [0.25, 0.3) is 11.4 Å². The molecule has 0 saturated carbocycles. The first-order chi connectivity index (χ1) is 11.9. The van der Waals surface area contributed by atoms with E-state index in [2.05, 4.69) is 10.5 Å². The highest BCUT2D eigenvalue weighted by atomic mass is 35.5. The van der Waals surface area contributed by atoms with Gasteiger partial charge in [-0.05, 0) is 12.1 Å². The van der Waals surface area contributed by atoms with Gasteiger partial charge < -0.3 is 0 Å². The Balaban J connectivity index is 2.09. The number of nitro benzene ring substituents is 2. The maximum atomic E-state index is 11.9. The molecule has 2 rings (SSSR count). The van der Waals surface area contributed by atoms with Crippen LogP contribution in [0, 0.1) is 20.2 Å². The van der Waals surface area contributed by atoms with E-state index in [1.165, 1.54) is 12.3 Å². The lowest BCUT2D eigenvalue weighted by Crippen LogP contribution is -2.20. The predicted octanol–water partition coefficient (Wildman–Crippen LogP) is 2.85. The van der Waals surface area contributed by atoms with Gasteiger partial charge in [-0.1, -0.05) is 29.8 Å². The first-order valence-corrected chi connectivity index (χ1v) is 7.24. The van der Waals surface area contributed by atoms with E-state index in [9.17, 15) is 25.0 Å². The molecule has 10 heteroatoms. The number of carbonyl (C=O) groups is 1. The van der Waals surface area contributed by atoms with Gasteiger partial charge in [0.1, 0.15) is 0 Å². The standard InChI is InChI=1S/C15H11ClN4O5/c16-13-4-2-1-3-11(13)9-17-18-15(21)7-10-5-6-12(19(22)23)8-14(10)20(24)25/h1-6,8-9H,7H2,(H,18,21). The monoisotopic (exact) mass is 362 g/mol. The van der Waals surface area contributed by atoms with Crippen molar-refractivity contribution >= 4 is 35.1 Å². The van der Waals surface area contributed by atoms with Crippen LogP contribution in [0.1, 0.15) is 11.1 Å². The van der Waals surface area contributed by atoms with Crippen molar-refractivity contribution in [3.05, 3.63) is 78.8 Å². The third-order valence-corrected chi connectivity index (χ3v) is 3.47. The lowest BCUT2D eigenvalue weighted by atomic mass is 10.1. The number of hydrogen-bond acceptors (Lipinski definition) is 6. The fourth-order valence-corrected chi connectivity index (χ4v) is 2.14. The second-order valence-corrected chi connectivity index (χ2v) is 5.23. The molecule has 0 atom stereocenters. The summed E-state index contributed by atoms with van der Waals surface area (Å²) in [5, 5.41) is 25.9. The van der Waals surface area contributed by atoms with Gasteiger partial charge in [-0.2, -0.15) is 5.10 Å². The van der Waals surface area contributed by atoms with Crippen molar-refractivity contribution < 1.29 is 14.6 Å². The van der Waals surface area contributed by atoms with E-state index in [0.29, 0.717) is 10.6 Å². The number of nitrogens with zero attached hydrogens (tertiary/aromatic N) is 3. The first-order valence-electron chi connectivity index (χ1n) is 6.86. The summed E-state index contributed by atoms with van der Waals surface area (Å²) in [6.07, 6.45) is 0.985. The van der Waals surface area contributed by atoms with Gasteiger partial charge in [-0.25, -0.2) is 5.43 Å². The van der Waals surface area contributed by atoms with Crippen LogP contribution in [0.25, 0.3) is 0 Å². The zero-order chi connectivity index (χ0) is 18.4. The molecule has 9 nitrogen and oxygen atoms in total. The largest absolute Gasteiger partial charge is 0.279 e. The van der Waals surface area contributed by atoms with Crippen LogP contribution in [0.15, 0.2) is 47.6 Å². The summed E-state index contributed by atoms with van der Waals surface area (Å²) in [7, 11) is 0. The maximum Gasteiger partial charge on any atom is 0.279 e. The molecule has 0 heterocycles. The molecule has 2 aromatic carbocycles. The number of non-ortho nitro benzene ring substituents is 1. The third kappa shape index (κ3) is 4.82. The number of carbonyl (C=O) groups excluding carboxylic acids is 1. The molecule has 0 aliphatic rings. The van der Waals surface area contributed by atoms with Gasteiger partial charge in [0.2, 0.25) is 5.91 Å². The molecule has 0 aliphatic heterocycles. The molecule has 0 aromatic heterocycles. The van der Waals surface area contributed by atoms with E-state index in [-0.39, 0.29) is 12.0 Å². The van der Waals surface area contributed by atoms with Crippen LogP contribution in [0.2, 0.25) is 5.02 Å². The number of halogens is 1. The Morgan fingerprint density at radius 1 is 1.16 bits per heavy atom. The molecule has 128 valence electrons. The molecule has 0 saturated heterocycles. The number of nitro groups is 2. The Morgan fingerprint density at radius 3 is 2.52 bits per heavy atom. The van der Waals surface area contributed by atoms with Gasteiger partial charge in [0, 0.05) is 22.2 Å². The fourth-order valence-electron chi connectivity index (χ4n) is 1.95. The van der Waals surface area contributed by atoms with Gasteiger partial charge in [0.15, 0.2) is 0 Å². The van der Waals surface area contributed by atoms with Crippen LogP contribution in [-0.4, -0.2) is 22.0 Å². The molecule has 0 aliphatic carbocycles. The Kier molecular flexibility index (Phi) is 5.75. The molecule has 1 N–H and O–H groups in total. The van der Waals surface area contributed by atoms with Crippen molar-refractivity contribution in [3.8, 4) is 0 Å². The lowest BCUT2D eigenvalue weighted by molar-refractivity contribution is -0.394. The Labute approximate surface area is 146 Å². The Morgan fingerprint density at radius 2 is 1.88 bits per heavy atom. The summed E-state index contributed by atoms with van der Waals surface area (Å²) in [6.45, 7) is 0. The lowest BCUT2D eigenvalue weighted by Gasteiger charge is -2.02. The summed E-state index contributed by atoms with van der Waals surface area (Å²) >= 11 is 5.93. The van der Waals surface area contributed by atoms with Gasteiger partial charge in [0.05, 0.1) is 28.5 Å². The SMILES string of the molecule is O=C(Cc1ccc([N+](=O)[O-])cc1[N+](=O)[O-])NN=Cc1ccccc1Cl. The molecular weight excluding hydrogens is 352 g/mol. The van der Waals surface area contributed by atoms with Crippen molar-refractivity contribution in [2.75, 3.05) is 0 Å². The van der Waals surface area contributed by atoms with E-state index in [1.807, 2.05) is 0 Å². The normalized spacial score (nSPS) is 10.6. The fraction of sp³-hybridized carbons (Fsp3) is 0.0667. The Bertz CT molecular complexity index is 869. The summed E-state index contributed by atoms with van der Waals surface area (Å²) in [5.74, 6) is -0.611. The number of rotatable bonds is 6. The molecular formula is C15H11ClN4O5. The van der Waals surface area contributed by atoms with Crippen molar-refractivity contribution in [3.63, 3.8) is 0 Å². The third-order valence-electron chi connectivity index (χ3n) is 3.13. The topological polar surface area (TPSA) is 128 Å². The molecule has 0 bridgehead atoms. The molecule has 2 aromatic rings. The van der Waals surface area contributed by atoms with Crippen LogP contribution >= 0.6 is 11.6 Å². The minimum atomic E-state index is -0.775. The van der Waals surface area contributed by atoms with E-state index in [1.54, 1.807) is 24.3 Å². The highest BCUT2D eigenvalue weighted by molar-refractivity contribution is 6.33. The molecule has 1 amide bonds. The summed E-state index contributed by atoms with van der Waals surface area (Å²) in [6, 6.07) is 9.93. The zero-order valence-corrected chi connectivity index (χ0v) is 13.3. The van der Waals surface area contributed by atoms with Crippen molar-refractivity contribution in [2.24, 2.45) is 5.10 Å². The quantitative estimate of drug-likeness (QED) is 0.480. The zero-order valence-electron chi connectivity index (χ0n) is 12.6. The number of benzene rings is 2. The second-order valence-electron chi connectivity index (χ2n) is 4.82. The molecule has 0 fully saturated rings. The molecule has 25 heavy (non-hydrogen) atoms. The van der Waals surface area contributed by atoms with Gasteiger partial charge in [-0.3, -0.25) is 25.0 Å². The summed E-state index contributed by atoms with van der Waals surface area (Å²) in [5.41, 5.74) is 1.93. The minimum Gasteiger partial charge on any atom is -0.273 e. The van der Waals surface area contributed by atoms with E-state index in [4.69, 9.17) is 11.6 Å². The van der Waals surface area contributed by atoms with Gasteiger partial charge >= 0.3 is 0 Å². The van der Waals surface area contributed by atoms with Crippen molar-refractivity contribution in [1.29, 1.82) is 0 Å². The van der Waals surface area contributed by atoms with Crippen LogP contribution < -0.4 is 5.43 Å². The van der Waals surface area contributed by atoms with Crippen LogP contribution in [0.3, 0.4) is 0 Å². The molecule has 0 unspecified atom stereocenters. The van der Waals surface area contributed by atoms with Crippen molar-refractivity contribution in [1.82, 2.24) is 5.43 Å². The Hall–Kier alpha value is -3.33. The average Bonchev–Trinajstić information content (AvgIpc) is 2.56. The number of hydrogen-bond donors (Lipinski definition) is 1. The smallest absolute Gasteiger partial charge is 0.273 e. The number of hydrazone groups is 1. The number of nitrogens with one attached hydrogen (secondary N) is 1. The highest BCUT2D eigenvalue weighted by Crippen LogP contribution is 2.25.